The Balaban J connectivity index is 2.07. The molecule has 3 N–H and O–H groups in total. The molecule has 1 atom stereocenters. The topological polar surface area (TPSA) is 70.2 Å². The predicted molar refractivity (Wildman–Crippen MR) is 93.5 cm³/mol. The predicted octanol–water partition coefficient (Wildman–Crippen LogP) is 3.06. The number of aryl methyl sites for hydroxylation is 1. The van der Waals surface area contributed by atoms with Crippen molar-refractivity contribution in [2.75, 3.05) is 17.2 Å². The number of hydrogen-bond acceptors (Lipinski definition) is 3. The van der Waals surface area contributed by atoms with Crippen molar-refractivity contribution in [1.82, 2.24) is 5.32 Å². The van der Waals surface area contributed by atoms with Crippen molar-refractivity contribution < 1.29 is 9.59 Å². The minimum Gasteiger partial charge on any atom is -0.325 e. The van der Waals surface area contributed by atoms with Gasteiger partial charge in [-0.25, -0.2) is 0 Å². The summed E-state index contributed by atoms with van der Waals surface area (Å²) in [5.41, 5.74) is 1.95. The highest BCUT2D eigenvalue weighted by Crippen LogP contribution is 2.24. The van der Waals surface area contributed by atoms with Crippen molar-refractivity contribution >= 4 is 23.2 Å². The number of hydrogen-bond donors (Lipinski definition) is 3. The summed E-state index contributed by atoms with van der Waals surface area (Å²) in [5, 5.41) is 9.11. The van der Waals surface area contributed by atoms with Crippen LogP contribution in [0.3, 0.4) is 0 Å². The van der Waals surface area contributed by atoms with Crippen LogP contribution >= 0.6 is 0 Å². The second kappa shape index (κ2) is 7.13. The number of anilines is 2. The first-order chi connectivity index (χ1) is 10.8. The van der Waals surface area contributed by atoms with Gasteiger partial charge in [-0.2, -0.15) is 0 Å². The molecular formula is C18H27N3O2. The number of benzene rings is 1. The van der Waals surface area contributed by atoms with Crippen LogP contribution in [0.1, 0.15) is 45.6 Å². The molecule has 0 radical (unpaired) electrons. The molecule has 1 fully saturated rings. The Kier molecular flexibility index (Phi) is 5.42. The second-order valence-corrected chi connectivity index (χ2v) is 7.23. The molecule has 126 valence electrons. The Bertz CT molecular complexity index is 584. The third-order valence-corrected chi connectivity index (χ3v) is 4.06. The van der Waals surface area contributed by atoms with E-state index in [0.29, 0.717) is 5.69 Å². The van der Waals surface area contributed by atoms with Gasteiger partial charge >= 0.3 is 0 Å². The van der Waals surface area contributed by atoms with E-state index in [4.69, 9.17) is 0 Å². The zero-order valence-corrected chi connectivity index (χ0v) is 14.5. The molecule has 23 heavy (non-hydrogen) atoms. The molecule has 0 spiro atoms. The SMILES string of the molecule is Cc1ccc(NC(=O)C2CCCCN2)cc1NC(=O)C(C)(C)C. The Labute approximate surface area is 138 Å². The maximum Gasteiger partial charge on any atom is 0.241 e. The summed E-state index contributed by atoms with van der Waals surface area (Å²) in [6, 6.07) is 5.46. The molecule has 0 bridgehead atoms. The van der Waals surface area contributed by atoms with Gasteiger partial charge in [0, 0.05) is 16.8 Å². The number of nitrogens with one attached hydrogen (secondary N) is 3. The molecule has 1 aliphatic heterocycles. The van der Waals surface area contributed by atoms with Crippen molar-refractivity contribution in [3.05, 3.63) is 23.8 Å². The van der Waals surface area contributed by atoms with Gasteiger partial charge in [0.25, 0.3) is 0 Å². The lowest BCUT2D eigenvalue weighted by Gasteiger charge is -2.23. The van der Waals surface area contributed by atoms with Gasteiger partial charge in [0.15, 0.2) is 0 Å². The fraction of sp³-hybridized carbons (Fsp3) is 0.556. The fourth-order valence-electron chi connectivity index (χ4n) is 2.45. The van der Waals surface area contributed by atoms with Crippen LogP contribution in [0, 0.1) is 12.3 Å². The molecule has 2 rings (SSSR count). The van der Waals surface area contributed by atoms with Crippen molar-refractivity contribution in [2.24, 2.45) is 5.41 Å². The average Bonchev–Trinajstić information content (AvgIpc) is 2.50. The van der Waals surface area contributed by atoms with Crippen molar-refractivity contribution in [3.8, 4) is 0 Å². The average molecular weight is 317 g/mol. The van der Waals surface area contributed by atoms with Gasteiger partial charge in [-0.05, 0) is 44.0 Å². The van der Waals surface area contributed by atoms with Gasteiger partial charge in [-0.1, -0.05) is 33.3 Å². The molecule has 1 unspecified atom stereocenters. The van der Waals surface area contributed by atoms with E-state index in [2.05, 4.69) is 16.0 Å². The number of piperidine rings is 1. The molecule has 0 saturated carbocycles. The van der Waals surface area contributed by atoms with E-state index < -0.39 is 5.41 Å². The molecule has 0 aliphatic carbocycles. The highest BCUT2D eigenvalue weighted by atomic mass is 16.2. The zero-order chi connectivity index (χ0) is 17.0. The van der Waals surface area contributed by atoms with E-state index in [1.807, 2.05) is 45.9 Å². The third kappa shape index (κ3) is 4.79. The lowest BCUT2D eigenvalue weighted by Crippen LogP contribution is -2.43. The number of carbonyl (C=O) groups is 2. The van der Waals surface area contributed by atoms with E-state index in [1.165, 1.54) is 0 Å². The van der Waals surface area contributed by atoms with E-state index >= 15 is 0 Å². The summed E-state index contributed by atoms with van der Waals surface area (Å²) in [7, 11) is 0. The maximum atomic E-state index is 12.3. The molecule has 1 heterocycles. The Morgan fingerprint density at radius 1 is 1.17 bits per heavy atom. The molecule has 5 nitrogen and oxygen atoms in total. The standard InChI is InChI=1S/C18H27N3O2/c1-12-8-9-13(11-15(12)21-17(23)18(2,3)4)20-16(22)14-7-5-6-10-19-14/h8-9,11,14,19H,5-7,10H2,1-4H3,(H,20,22)(H,21,23). The van der Waals surface area contributed by atoms with Gasteiger partial charge in [0.05, 0.1) is 6.04 Å². The first-order valence-electron chi connectivity index (χ1n) is 8.24. The summed E-state index contributed by atoms with van der Waals surface area (Å²) in [6.45, 7) is 8.44. The minimum atomic E-state index is -0.461. The molecule has 1 saturated heterocycles. The molecule has 2 amide bonds. The van der Waals surface area contributed by atoms with Crippen LogP contribution in [-0.4, -0.2) is 24.4 Å². The molecule has 1 aliphatic rings. The lowest BCUT2D eigenvalue weighted by molar-refractivity contribution is -0.123. The summed E-state index contributed by atoms with van der Waals surface area (Å²) >= 11 is 0. The van der Waals surface area contributed by atoms with Crippen LogP contribution in [-0.2, 0) is 9.59 Å². The molecule has 0 aromatic heterocycles. The molecular weight excluding hydrogens is 290 g/mol. The zero-order valence-electron chi connectivity index (χ0n) is 14.5. The van der Waals surface area contributed by atoms with Gasteiger partial charge < -0.3 is 16.0 Å². The smallest absolute Gasteiger partial charge is 0.241 e. The van der Waals surface area contributed by atoms with Crippen LogP contribution in [0.5, 0.6) is 0 Å². The summed E-state index contributed by atoms with van der Waals surface area (Å²) in [6.07, 6.45) is 3.06. The third-order valence-electron chi connectivity index (χ3n) is 4.06. The number of amides is 2. The highest BCUT2D eigenvalue weighted by Gasteiger charge is 2.23. The van der Waals surface area contributed by atoms with Crippen LogP contribution in [0.15, 0.2) is 18.2 Å². The van der Waals surface area contributed by atoms with Crippen LogP contribution < -0.4 is 16.0 Å². The van der Waals surface area contributed by atoms with Crippen LogP contribution in [0.4, 0.5) is 11.4 Å². The first-order valence-corrected chi connectivity index (χ1v) is 8.24. The van der Waals surface area contributed by atoms with E-state index in [9.17, 15) is 9.59 Å². The highest BCUT2D eigenvalue weighted by molar-refractivity contribution is 5.98. The monoisotopic (exact) mass is 317 g/mol. The maximum absolute atomic E-state index is 12.3. The quantitative estimate of drug-likeness (QED) is 0.802. The van der Waals surface area contributed by atoms with Gasteiger partial charge in [0.1, 0.15) is 0 Å². The fourth-order valence-corrected chi connectivity index (χ4v) is 2.45. The largest absolute Gasteiger partial charge is 0.325 e. The second-order valence-electron chi connectivity index (χ2n) is 7.23. The van der Waals surface area contributed by atoms with Gasteiger partial charge in [-0.15, -0.1) is 0 Å². The lowest BCUT2D eigenvalue weighted by atomic mass is 9.95. The number of rotatable bonds is 3. The van der Waals surface area contributed by atoms with E-state index in [-0.39, 0.29) is 17.9 Å². The van der Waals surface area contributed by atoms with Gasteiger partial charge in [0.2, 0.25) is 11.8 Å². The molecule has 5 heteroatoms. The first kappa shape index (κ1) is 17.5. The summed E-state index contributed by atoms with van der Waals surface area (Å²) < 4.78 is 0. The number of carbonyl (C=O) groups excluding carboxylic acids is 2. The van der Waals surface area contributed by atoms with Crippen LogP contribution in [0.25, 0.3) is 0 Å². The van der Waals surface area contributed by atoms with E-state index in [0.717, 1.165) is 37.1 Å². The summed E-state index contributed by atoms with van der Waals surface area (Å²) in [5.74, 6) is -0.0559. The van der Waals surface area contributed by atoms with Crippen LogP contribution in [0.2, 0.25) is 0 Å². The Hall–Kier alpha value is -1.88. The van der Waals surface area contributed by atoms with Crippen molar-refractivity contribution in [1.29, 1.82) is 0 Å². The molecule has 1 aromatic carbocycles. The Morgan fingerprint density at radius 2 is 1.91 bits per heavy atom. The normalized spacial score (nSPS) is 18.3. The summed E-state index contributed by atoms with van der Waals surface area (Å²) in [4.78, 5) is 24.4. The van der Waals surface area contributed by atoms with Gasteiger partial charge in [-0.3, -0.25) is 9.59 Å². The molecule has 1 aromatic rings. The van der Waals surface area contributed by atoms with E-state index in [1.54, 1.807) is 0 Å². The van der Waals surface area contributed by atoms with Crippen molar-refractivity contribution in [3.63, 3.8) is 0 Å². The Morgan fingerprint density at radius 3 is 2.52 bits per heavy atom. The van der Waals surface area contributed by atoms with Crippen molar-refractivity contribution in [2.45, 2.75) is 53.0 Å². The minimum absolute atomic E-state index is 0.0124.